The summed E-state index contributed by atoms with van der Waals surface area (Å²) in [7, 11) is 0. The van der Waals surface area contributed by atoms with Crippen LogP contribution in [0.4, 0.5) is 17.8 Å². The molecule has 0 radical (unpaired) electrons. The van der Waals surface area contributed by atoms with E-state index in [1.165, 1.54) is 19.3 Å². The highest BCUT2D eigenvalue weighted by Gasteiger charge is 2.16. The Morgan fingerprint density at radius 3 is 2.39 bits per heavy atom. The number of aliphatic hydroxyl groups excluding tert-OH is 2. The maximum atomic E-state index is 9.33. The summed E-state index contributed by atoms with van der Waals surface area (Å²) in [5.41, 5.74) is 0. The van der Waals surface area contributed by atoms with Gasteiger partial charge in [-0.25, -0.2) is 0 Å². The SMILES string of the molecule is CC[C@H](CO)Nc1nc(NCCO)nc(NC2CCCCC2)n1. The Hall–Kier alpha value is -1.67. The number of hydrogen-bond donors (Lipinski definition) is 5. The number of aliphatic hydroxyl groups is 2. The summed E-state index contributed by atoms with van der Waals surface area (Å²) in [4.78, 5) is 13.1. The molecule has 130 valence electrons. The van der Waals surface area contributed by atoms with Gasteiger partial charge in [0.25, 0.3) is 0 Å². The molecule has 0 aromatic carbocycles. The second kappa shape index (κ2) is 9.46. The van der Waals surface area contributed by atoms with Crippen LogP contribution in [0.5, 0.6) is 0 Å². The molecule has 0 amide bonds. The van der Waals surface area contributed by atoms with Crippen LogP contribution in [-0.2, 0) is 0 Å². The molecule has 0 unspecified atom stereocenters. The van der Waals surface area contributed by atoms with Gasteiger partial charge in [-0.1, -0.05) is 26.2 Å². The first-order valence-electron chi connectivity index (χ1n) is 8.50. The van der Waals surface area contributed by atoms with Crippen molar-refractivity contribution in [2.45, 2.75) is 57.5 Å². The first-order valence-corrected chi connectivity index (χ1v) is 8.50. The fraction of sp³-hybridized carbons (Fsp3) is 0.800. The van der Waals surface area contributed by atoms with Crippen molar-refractivity contribution in [3.8, 4) is 0 Å². The van der Waals surface area contributed by atoms with E-state index in [-0.39, 0.29) is 19.3 Å². The Morgan fingerprint density at radius 1 is 1.04 bits per heavy atom. The van der Waals surface area contributed by atoms with Crippen LogP contribution in [-0.4, -0.2) is 57.0 Å². The molecule has 5 N–H and O–H groups in total. The molecule has 1 aromatic heterocycles. The minimum Gasteiger partial charge on any atom is -0.395 e. The molecule has 1 atom stereocenters. The van der Waals surface area contributed by atoms with Crippen molar-refractivity contribution in [2.75, 3.05) is 35.7 Å². The summed E-state index contributed by atoms with van der Waals surface area (Å²) >= 11 is 0. The third kappa shape index (κ3) is 5.80. The molecular formula is C15H28N6O2. The van der Waals surface area contributed by atoms with Crippen LogP contribution in [0.15, 0.2) is 0 Å². The number of rotatable bonds is 9. The van der Waals surface area contributed by atoms with Crippen LogP contribution in [0.3, 0.4) is 0 Å². The maximum absolute atomic E-state index is 9.33. The molecule has 8 nitrogen and oxygen atoms in total. The van der Waals surface area contributed by atoms with E-state index in [0.717, 1.165) is 19.3 Å². The summed E-state index contributed by atoms with van der Waals surface area (Å²) in [6.45, 7) is 2.39. The van der Waals surface area contributed by atoms with Gasteiger partial charge in [-0.3, -0.25) is 0 Å². The lowest BCUT2D eigenvalue weighted by atomic mass is 9.96. The predicted octanol–water partition coefficient (Wildman–Crippen LogP) is 1.20. The average molecular weight is 324 g/mol. The third-order valence-electron chi connectivity index (χ3n) is 4.02. The van der Waals surface area contributed by atoms with Gasteiger partial charge < -0.3 is 26.2 Å². The number of aromatic nitrogens is 3. The highest BCUT2D eigenvalue weighted by Crippen LogP contribution is 2.21. The van der Waals surface area contributed by atoms with Crippen LogP contribution >= 0.6 is 0 Å². The lowest BCUT2D eigenvalue weighted by Crippen LogP contribution is -2.27. The Morgan fingerprint density at radius 2 is 1.74 bits per heavy atom. The van der Waals surface area contributed by atoms with Crippen LogP contribution < -0.4 is 16.0 Å². The monoisotopic (exact) mass is 324 g/mol. The summed E-state index contributed by atoms with van der Waals surface area (Å²) in [5.74, 6) is 1.38. The van der Waals surface area contributed by atoms with Crippen molar-refractivity contribution in [3.05, 3.63) is 0 Å². The Bertz CT molecular complexity index is 463. The third-order valence-corrected chi connectivity index (χ3v) is 4.02. The van der Waals surface area contributed by atoms with Crippen LogP contribution in [0.2, 0.25) is 0 Å². The van der Waals surface area contributed by atoms with Gasteiger partial charge in [-0.05, 0) is 19.3 Å². The van der Waals surface area contributed by atoms with Gasteiger partial charge in [0.2, 0.25) is 17.8 Å². The highest BCUT2D eigenvalue weighted by molar-refractivity contribution is 5.43. The molecule has 0 spiro atoms. The fourth-order valence-electron chi connectivity index (χ4n) is 2.64. The van der Waals surface area contributed by atoms with Gasteiger partial charge >= 0.3 is 0 Å². The normalized spacial score (nSPS) is 16.8. The topological polar surface area (TPSA) is 115 Å². The summed E-state index contributed by atoms with van der Waals surface area (Å²) < 4.78 is 0. The lowest BCUT2D eigenvalue weighted by Gasteiger charge is -2.23. The number of hydrogen-bond acceptors (Lipinski definition) is 8. The van der Waals surface area contributed by atoms with E-state index >= 15 is 0 Å². The molecule has 1 saturated carbocycles. The predicted molar refractivity (Wildman–Crippen MR) is 90.7 cm³/mol. The van der Waals surface area contributed by atoms with Crippen molar-refractivity contribution in [1.29, 1.82) is 0 Å². The zero-order chi connectivity index (χ0) is 16.5. The van der Waals surface area contributed by atoms with Crippen molar-refractivity contribution in [1.82, 2.24) is 15.0 Å². The highest BCUT2D eigenvalue weighted by atomic mass is 16.3. The van der Waals surface area contributed by atoms with Gasteiger partial charge in [0.1, 0.15) is 0 Å². The molecule has 1 heterocycles. The first kappa shape index (κ1) is 17.7. The van der Waals surface area contributed by atoms with Crippen LogP contribution in [0, 0.1) is 0 Å². The molecule has 0 bridgehead atoms. The maximum Gasteiger partial charge on any atom is 0.229 e. The van der Waals surface area contributed by atoms with Crippen molar-refractivity contribution >= 4 is 17.8 Å². The minimum atomic E-state index is -0.0920. The smallest absolute Gasteiger partial charge is 0.229 e. The Kier molecular flexibility index (Phi) is 7.28. The van der Waals surface area contributed by atoms with E-state index in [9.17, 15) is 5.11 Å². The average Bonchev–Trinajstić information content (AvgIpc) is 2.58. The van der Waals surface area contributed by atoms with E-state index < -0.39 is 0 Å². The van der Waals surface area contributed by atoms with E-state index in [1.807, 2.05) is 6.92 Å². The largest absolute Gasteiger partial charge is 0.395 e. The molecule has 23 heavy (non-hydrogen) atoms. The van der Waals surface area contributed by atoms with Gasteiger partial charge in [-0.2, -0.15) is 15.0 Å². The molecule has 0 aliphatic heterocycles. The van der Waals surface area contributed by atoms with E-state index in [1.54, 1.807) is 0 Å². The lowest BCUT2D eigenvalue weighted by molar-refractivity contribution is 0.271. The molecule has 2 rings (SSSR count). The van der Waals surface area contributed by atoms with Crippen molar-refractivity contribution in [2.24, 2.45) is 0 Å². The zero-order valence-corrected chi connectivity index (χ0v) is 13.8. The molecule has 0 saturated heterocycles. The van der Waals surface area contributed by atoms with E-state index in [4.69, 9.17) is 5.11 Å². The van der Waals surface area contributed by atoms with Gasteiger partial charge in [0.05, 0.1) is 19.3 Å². The van der Waals surface area contributed by atoms with Crippen LogP contribution in [0.1, 0.15) is 45.4 Å². The van der Waals surface area contributed by atoms with Gasteiger partial charge in [0.15, 0.2) is 0 Å². The number of nitrogens with zero attached hydrogens (tertiary/aromatic N) is 3. The Balaban J connectivity index is 2.10. The van der Waals surface area contributed by atoms with E-state index in [0.29, 0.717) is 30.4 Å². The molecule has 1 aliphatic rings. The first-order chi connectivity index (χ1) is 11.2. The molecule has 1 aromatic rings. The standard InChI is InChI=1S/C15H28N6O2/c1-2-11(10-23)17-14-19-13(16-8-9-22)20-15(21-14)18-12-6-4-3-5-7-12/h11-12,22-23H,2-10H2,1H3,(H3,16,17,18,19,20,21)/t11-/m1/s1. The molecule has 1 aliphatic carbocycles. The Labute approximate surface area is 137 Å². The molecular weight excluding hydrogens is 296 g/mol. The second-order valence-corrected chi connectivity index (χ2v) is 5.87. The summed E-state index contributed by atoms with van der Waals surface area (Å²) in [6, 6.07) is 0.301. The minimum absolute atomic E-state index is 0.00799. The molecule has 1 fully saturated rings. The van der Waals surface area contributed by atoms with Gasteiger partial charge in [-0.15, -0.1) is 0 Å². The quantitative estimate of drug-likeness (QED) is 0.460. The second-order valence-electron chi connectivity index (χ2n) is 5.87. The fourth-order valence-corrected chi connectivity index (χ4v) is 2.64. The number of anilines is 3. The molecule has 8 heteroatoms. The van der Waals surface area contributed by atoms with E-state index in [2.05, 4.69) is 30.9 Å². The summed E-state index contributed by atoms with van der Waals surface area (Å²) in [6.07, 6.45) is 6.77. The van der Waals surface area contributed by atoms with Crippen molar-refractivity contribution in [3.63, 3.8) is 0 Å². The number of nitrogens with one attached hydrogen (secondary N) is 3. The summed E-state index contributed by atoms with van der Waals surface area (Å²) in [5, 5.41) is 27.7. The van der Waals surface area contributed by atoms with Crippen LogP contribution in [0.25, 0.3) is 0 Å². The zero-order valence-electron chi connectivity index (χ0n) is 13.8. The van der Waals surface area contributed by atoms with Crippen molar-refractivity contribution < 1.29 is 10.2 Å². The van der Waals surface area contributed by atoms with Gasteiger partial charge in [0, 0.05) is 12.6 Å².